The summed E-state index contributed by atoms with van der Waals surface area (Å²) in [6.45, 7) is 3.61. The van der Waals surface area contributed by atoms with Crippen LogP contribution in [0.3, 0.4) is 0 Å². The van der Waals surface area contributed by atoms with Gasteiger partial charge in [0.15, 0.2) is 0 Å². The van der Waals surface area contributed by atoms with E-state index in [2.05, 4.69) is 0 Å². The van der Waals surface area contributed by atoms with E-state index in [4.69, 9.17) is 0 Å². The number of rotatable bonds is 1. The Hall–Kier alpha value is 0.246. The van der Waals surface area contributed by atoms with E-state index < -0.39 is 10.1 Å². The van der Waals surface area contributed by atoms with Crippen LogP contribution < -0.4 is 51.4 Å². The van der Waals surface area contributed by atoms with Gasteiger partial charge in [-0.25, -0.2) is 8.42 Å². The molecule has 17 heavy (non-hydrogen) atoms. The van der Waals surface area contributed by atoms with Gasteiger partial charge >= 0.3 is 51.4 Å². The van der Waals surface area contributed by atoms with E-state index in [1.54, 1.807) is 13.0 Å². The first-order valence-electron chi connectivity index (χ1n) is 4.86. The first-order valence-corrected chi connectivity index (χ1v) is 6.27. The van der Waals surface area contributed by atoms with E-state index in [0.717, 1.165) is 16.3 Å². The monoisotopic (exact) mass is 274 g/mol. The largest absolute Gasteiger partial charge is 1.00 e. The van der Waals surface area contributed by atoms with Gasteiger partial charge in [-0.3, -0.25) is 0 Å². The Balaban J connectivity index is 0.00000144. The minimum absolute atomic E-state index is 0. The van der Waals surface area contributed by atoms with Gasteiger partial charge in [0, 0.05) is 0 Å². The van der Waals surface area contributed by atoms with Gasteiger partial charge < -0.3 is 4.55 Å². The predicted molar refractivity (Wildman–Crippen MR) is 61.4 cm³/mol. The molecule has 0 unspecified atom stereocenters. The average Bonchev–Trinajstić information content (AvgIpc) is 2.18. The van der Waals surface area contributed by atoms with Crippen LogP contribution >= 0.6 is 0 Å². The number of aryl methyl sites for hydroxylation is 2. The first-order chi connectivity index (χ1) is 7.41. The summed E-state index contributed by atoms with van der Waals surface area (Å²) in [7, 11) is -4.39. The van der Waals surface area contributed by atoms with Gasteiger partial charge in [-0.15, -0.1) is 0 Å². The normalized spacial score (nSPS) is 11.2. The molecule has 0 fully saturated rings. The summed E-state index contributed by atoms with van der Waals surface area (Å²) in [6.07, 6.45) is 0. The third-order valence-corrected chi connectivity index (χ3v) is 3.75. The molecule has 0 aliphatic carbocycles. The van der Waals surface area contributed by atoms with Crippen molar-refractivity contribution in [3.05, 3.63) is 41.5 Å². The second-order valence-corrected chi connectivity index (χ2v) is 5.16. The number of hydrogen-bond acceptors (Lipinski definition) is 3. The fourth-order valence-electron chi connectivity index (χ4n) is 1.92. The molecular weight excluding hydrogens is 263 g/mol. The Bertz CT molecular complexity index is 663. The minimum atomic E-state index is -4.39. The number of benzene rings is 2. The maximum atomic E-state index is 11.0. The number of fused-ring (bicyclic) bond motifs is 1. The summed E-state index contributed by atoms with van der Waals surface area (Å²) in [5, 5.41) is 1.80. The molecule has 2 rings (SSSR count). The fourth-order valence-corrected chi connectivity index (χ4v) is 2.64. The Morgan fingerprint density at radius 2 is 1.65 bits per heavy atom. The maximum Gasteiger partial charge on any atom is 1.00 e. The molecule has 2 aromatic rings. The van der Waals surface area contributed by atoms with Crippen LogP contribution in [0.1, 0.15) is 11.1 Å². The number of hydrogen-bond donors (Lipinski definition) is 0. The van der Waals surface area contributed by atoms with Crippen molar-refractivity contribution >= 4 is 20.9 Å². The van der Waals surface area contributed by atoms with Crippen LogP contribution in [0.2, 0.25) is 0 Å². The average molecular weight is 274 g/mol. The third-order valence-electron chi connectivity index (χ3n) is 2.77. The van der Waals surface area contributed by atoms with Crippen molar-refractivity contribution in [2.75, 3.05) is 0 Å². The van der Waals surface area contributed by atoms with Crippen molar-refractivity contribution in [1.29, 1.82) is 0 Å². The van der Waals surface area contributed by atoms with Gasteiger partial charge in [0.05, 0.1) is 4.90 Å². The maximum absolute atomic E-state index is 11.0. The van der Waals surface area contributed by atoms with Gasteiger partial charge in [-0.05, 0) is 41.8 Å². The smallest absolute Gasteiger partial charge is 0.744 e. The molecule has 0 amide bonds. The Morgan fingerprint density at radius 1 is 1.00 bits per heavy atom. The fraction of sp³-hybridized carbons (Fsp3) is 0.167. The molecule has 3 nitrogen and oxygen atoms in total. The summed E-state index contributed by atoms with van der Waals surface area (Å²) in [5.41, 5.74) is 1.59. The van der Waals surface area contributed by atoms with Crippen LogP contribution in [-0.4, -0.2) is 13.0 Å². The van der Waals surface area contributed by atoms with Crippen molar-refractivity contribution < 1.29 is 64.4 Å². The van der Waals surface area contributed by atoms with Crippen molar-refractivity contribution in [2.24, 2.45) is 0 Å². The van der Waals surface area contributed by atoms with E-state index in [9.17, 15) is 13.0 Å². The van der Waals surface area contributed by atoms with Crippen molar-refractivity contribution in [3.63, 3.8) is 0 Å². The Labute approximate surface area is 143 Å². The molecule has 0 heterocycles. The topological polar surface area (TPSA) is 57.2 Å². The zero-order valence-electron chi connectivity index (χ0n) is 10.0. The molecule has 0 N–H and O–H groups in total. The Morgan fingerprint density at radius 3 is 2.24 bits per heavy atom. The molecule has 0 saturated heterocycles. The van der Waals surface area contributed by atoms with Crippen LogP contribution in [0.25, 0.3) is 10.8 Å². The van der Waals surface area contributed by atoms with Crippen LogP contribution in [0, 0.1) is 13.8 Å². The predicted octanol–water partition coefficient (Wildman–Crippen LogP) is -0.635. The molecule has 0 bridgehead atoms. The zero-order valence-corrected chi connectivity index (χ0v) is 14.0. The summed E-state index contributed by atoms with van der Waals surface area (Å²) in [6, 6.07) is 8.70. The summed E-state index contributed by atoms with van der Waals surface area (Å²) >= 11 is 0. The second kappa shape index (κ2) is 5.48. The quantitative estimate of drug-likeness (QED) is 0.514. The van der Waals surface area contributed by atoms with Gasteiger partial charge in [-0.1, -0.05) is 24.3 Å². The van der Waals surface area contributed by atoms with Gasteiger partial charge in [0.25, 0.3) is 0 Å². The van der Waals surface area contributed by atoms with Crippen LogP contribution in [0.4, 0.5) is 0 Å². The van der Waals surface area contributed by atoms with Crippen LogP contribution in [0.15, 0.2) is 35.2 Å². The molecule has 5 heteroatoms. The molecule has 2 aromatic carbocycles. The molecule has 0 aromatic heterocycles. The molecule has 0 saturated carbocycles. The molecule has 0 radical (unpaired) electrons. The van der Waals surface area contributed by atoms with E-state index >= 15 is 0 Å². The third kappa shape index (κ3) is 2.98. The van der Waals surface area contributed by atoms with Crippen LogP contribution in [-0.2, 0) is 10.1 Å². The van der Waals surface area contributed by atoms with Crippen molar-refractivity contribution in [2.45, 2.75) is 18.7 Å². The SMILES string of the molecule is Cc1cccc2c(C)c(S(=O)(=O)[O-])ccc12.[K+]. The van der Waals surface area contributed by atoms with Gasteiger partial charge in [-0.2, -0.15) is 0 Å². The van der Waals surface area contributed by atoms with E-state index in [1.807, 2.05) is 25.1 Å². The molecular formula is C12H11KO3S. The van der Waals surface area contributed by atoms with Crippen molar-refractivity contribution in [3.8, 4) is 0 Å². The standard InChI is InChI=1S/C12H12O3S.K/c1-8-4-3-5-11-9(2)12(16(13,14)15)7-6-10(8)11;/h3-7H,1-2H3,(H,13,14,15);/q;+1/p-1. The summed E-state index contributed by atoms with van der Waals surface area (Å²) in [4.78, 5) is -0.134. The van der Waals surface area contributed by atoms with E-state index in [-0.39, 0.29) is 56.3 Å². The molecule has 0 aliphatic rings. The van der Waals surface area contributed by atoms with Crippen molar-refractivity contribution in [1.82, 2.24) is 0 Å². The molecule has 0 atom stereocenters. The van der Waals surface area contributed by atoms with E-state index in [0.29, 0.717) is 5.56 Å². The first kappa shape index (κ1) is 15.3. The Kier molecular flexibility index (Phi) is 4.94. The second-order valence-electron chi connectivity index (χ2n) is 3.81. The molecule has 0 aliphatic heterocycles. The van der Waals surface area contributed by atoms with Gasteiger partial charge in [0.2, 0.25) is 0 Å². The van der Waals surface area contributed by atoms with Gasteiger partial charge in [0.1, 0.15) is 10.1 Å². The van der Waals surface area contributed by atoms with E-state index in [1.165, 1.54) is 6.07 Å². The summed E-state index contributed by atoms with van der Waals surface area (Å²) in [5.74, 6) is 0. The molecule has 84 valence electrons. The molecule has 0 spiro atoms. The van der Waals surface area contributed by atoms with Crippen LogP contribution in [0.5, 0.6) is 0 Å². The summed E-state index contributed by atoms with van der Waals surface area (Å²) < 4.78 is 33.1. The zero-order chi connectivity index (χ0) is 11.9. The minimum Gasteiger partial charge on any atom is -0.744 e.